The molecule has 0 bridgehead atoms. The van der Waals surface area contributed by atoms with Crippen LogP contribution in [0, 0.1) is 0 Å². The summed E-state index contributed by atoms with van der Waals surface area (Å²) in [5, 5.41) is 0.556. The number of carbonyl (C=O) groups excluding carboxylic acids is 1. The number of benzene rings is 1. The van der Waals surface area contributed by atoms with Crippen molar-refractivity contribution in [3.8, 4) is 17.0 Å². The Labute approximate surface area is 127 Å². The largest absolute Gasteiger partial charge is 0.496 e. The number of pyridine rings is 1. The second-order valence-corrected chi connectivity index (χ2v) is 5.03. The van der Waals surface area contributed by atoms with Crippen LogP contribution in [0.2, 0.25) is 5.02 Å². The van der Waals surface area contributed by atoms with Crippen molar-refractivity contribution in [1.82, 2.24) is 4.57 Å². The molecule has 2 rings (SSSR count). The van der Waals surface area contributed by atoms with Crippen LogP contribution in [0.3, 0.4) is 0 Å². The van der Waals surface area contributed by atoms with E-state index in [1.165, 1.54) is 6.07 Å². The van der Waals surface area contributed by atoms with Gasteiger partial charge in [-0.15, -0.1) is 0 Å². The first-order chi connectivity index (χ1) is 10.1. The Bertz CT molecular complexity index is 722. The molecule has 0 aliphatic carbocycles. The molecule has 5 heteroatoms. The average Bonchev–Trinajstić information content (AvgIpc) is 2.49. The summed E-state index contributed by atoms with van der Waals surface area (Å²) in [4.78, 5) is 23.3. The number of halogens is 1. The van der Waals surface area contributed by atoms with Crippen molar-refractivity contribution in [1.29, 1.82) is 0 Å². The summed E-state index contributed by atoms with van der Waals surface area (Å²) in [7, 11) is 1.56. The second-order valence-electron chi connectivity index (χ2n) is 4.59. The molecule has 1 aromatic heterocycles. The lowest BCUT2D eigenvalue weighted by atomic mass is 10.1. The van der Waals surface area contributed by atoms with Crippen LogP contribution in [-0.2, 0) is 6.54 Å². The average molecular weight is 306 g/mol. The van der Waals surface area contributed by atoms with E-state index in [4.69, 9.17) is 16.3 Å². The predicted molar refractivity (Wildman–Crippen MR) is 83.4 cm³/mol. The third-order valence-corrected chi connectivity index (χ3v) is 3.45. The number of nitrogens with zero attached hydrogens (tertiary/aromatic N) is 1. The number of hydrogen-bond acceptors (Lipinski definition) is 3. The van der Waals surface area contributed by atoms with E-state index in [2.05, 4.69) is 0 Å². The van der Waals surface area contributed by atoms with Gasteiger partial charge in [0.25, 0.3) is 5.56 Å². The highest BCUT2D eigenvalue weighted by molar-refractivity contribution is 6.30. The zero-order valence-corrected chi connectivity index (χ0v) is 12.7. The molecule has 0 spiro atoms. The molecule has 2 aromatic rings. The van der Waals surface area contributed by atoms with Gasteiger partial charge in [-0.2, -0.15) is 0 Å². The van der Waals surface area contributed by atoms with Crippen molar-refractivity contribution in [2.75, 3.05) is 7.11 Å². The molecule has 0 radical (unpaired) electrons. The van der Waals surface area contributed by atoms with Gasteiger partial charge in [-0.05, 0) is 36.8 Å². The summed E-state index contributed by atoms with van der Waals surface area (Å²) < 4.78 is 6.92. The molecule has 0 fully saturated rings. The summed E-state index contributed by atoms with van der Waals surface area (Å²) in [6, 6.07) is 8.51. The molecule has 0 amide bonds. The highest BCUT2D eigenvalue weighted by atomic mass is 35.5. The molecule has 1 heterocycles. The molecule has 0 unspecified atom stereocenters. The molecule has 0 N–H and O–H groups in total. The molecule has 0 atom stereocenters. The summed E-state index contributed by atoms with van der Waals surface area (Å²) in [6.07, 6.45) is 1.35. The van der Waals surface area contributed by atoms with Gasteiger partial charge >= 0.3 is 0 Å². The minimum absolute atomic E-state index is 0.146. The maximum atomic E-state index is 12.3. The number of rotatable bonds is 5. The number of methoxy groups -OCH3 is 1. The first kappa shape index (κ1) is 15.3. The second kappa shape index (κ2) is 6.59. The summed E-state index contributed by atoms with van der Waals surface area (Å²) >= 11 is 6.05. The molecule has 110 valence electrons. The van der Waals surface area contributed by atoms with E-state index in [9.17, 15) is 9.59 Å². The van der Waals surface area contributed by atoms with Gasteiger partial charge in [0, 0.05) is 17.1 Å². The first-order valence-corrected chi connectivity index (χ1v) is 7.03. The molecule has 1 aromatic carbocycles. The fraction of sp³-hybridized carbons (Fsp3) is 0.250. The van der Waals surface area contributed by atoms with Crippen LogP contribution >= 0.6 is 11.6 Å². The minimum atomic E-state index is -0.300. The number of hydrogen-bond donors (Lipinski definition) is 0. The fourth-order valence-corrected chi connectivity index (χ4v) is 2.42. The van der Waals surface area contributed by atoms with E-state index >= 15 is 0 Å². The third-order valence-electron chi connectivity index (χ3n) is 3.22. The number of aldehydes is 1. The Morgan fingerprint density at radius 3 is 2.67 bits per heavy atom. The van der Waals surface area contributed by atoms with E-state index in [-0.39, 0.29) is 11.1 Å². The lowest BCUT2D eigenvalue weighted by Gasteiger charge is -2.15. The Morgan fingerprint density at radius 1 is 1.29 bits per heavy atom. The Kier molecular flexibility index (Phi) is 4.81. The topological polar surface area (TPSA) is 48.3 Å². The highest BCUT2D eigenvalue weighted by Gasteiger charge is 2.14. The van der Waals surface area contributed by atoms with Crippen LogP contribution < -0.4 is 10.3 Å². The van der Waals surface area contributed by atoms with Gasteiger partial charge in [-0.25, -0.2) is 0 Å². The Balaban J connectivity index is 2.74. The monoisotopic (exact) mass is 305 g/mol. The third kappa shape index (κ3) is 3.00. The SMILES string of the molecule is CCCn1c(-c2cc(Cl)ccc2OC)ccc(C=O)c1=O. The van der Waals surface area contributed by atoms with Crippen LogP contribution in [0.4, 0.5) is 0 Å². The van der Waals surface area contributed by atoms with Crippen LogP contribution in [0.15, 0.2) is 35.1 Å². The molecule has 0 saturated carbocycles. The Hall–Kier alpha value is -2.07. The maximum Gasteiger partial charge on any atom is 0.261 e. The summed E-state index contributed by atoms with van der Waals surface area (Å²) in [6.45, 7) is 2.49. The molecular weight excluding hydrogens is 290 g/mol. The smallest absolute Gasteiger partial charge is 0.261 e. The van der Waals surface area contributed by atoms with E-state index in [1.54, 1.807) is 35.9 Å². The quantitative estimate of drug-likeness (QED) is 0.795. The van der Waals surface area contributed by atoms with Gasteiger partial charge in [-0.1, -0.05) is 18.5 Å². The number of carbonyl (C=O) groups is 1. The van der Waals surface area contributed by atoms with E-state index < -0.39 is 0 Å². The van der Waals surface area contributed by atoms with Crippen molar-refractivity contribution < 1.29 is 9.53 Å². The zero-order chi connectivity index (χ0) is 15.4. The minimum Gasteiger partial charge on any atom is -0.496 e. The maximum absolute atomic E-state index is 12.3. The van der Waals surface area contributed by atoms with Crippen LogP contribution in [-0.4, -0.2) is 18.0 Å². The van der Waals surface area contributed by atoms with Crippen LogP contribution in [0.5, 0.6) is 5.75 Å². The fourth-order valence-electron chi connectivity index (χ4n) is 2.25. The standard InChI is InChI=1S/C16H16ClNO3/c1-3-8-18-14(6-4-11(10-19)16(18)20)13-9-12(17)5-7-15(13)21-2/h4-7,9-10H,3,8H2,1-2H3. The summed E-state index contributed by atoms with van der Waals surface area (Å²) in [5.41, 5.74) is 1.26. The Morgan fingerprint density at radius 2 is 2.05 bits per heavy atom. The lowest BCUT2D eigenvalue weighted by molar-refractivity contribution is 0.112. The van der Waals surface area contributed by atoms with Gasteiger partial charge in [0.15, 0.2) is 6.29 Å². The van der Waals surface area contributed by atoms with E-state index in [1.807, 2.05) is 6.92 Å². The normalized spacial score (nSPS) is 10.4. The molecule has 0 aliphatic heterocycles. The lowest BCUT2D eigenvalue weighted by Crippen LogP contribution is -2.24. The van der Waals surface area contributed by atoms with Crippen LogP contribution in [0.1, 0.15) is 23.7 Å². The first-order valence-electron chi connectivity index (χ1n) is 6.65. The van der Waals surface area contributed by atoms with E-state index in [0.29, 0.717) is 29.3 Å². The van der Waals surface area contributed by atoms with Gasteiger partial charge in [0.2, 0.25) is 0 Å². The molecule has 0 aliphatic rings. The van der Waals surface area contributed by atoms with Gasteiger partial charge < -0.3 is 9.30 Å². The van der Waals surface area contributed by atoms with Gasteiger partial charge in [-0.3, -0.25) is 9.59 Å². The van der Waals surface area contributed by atoms with Gasteiger partial charge in [0.05, 0.1) is 18.4 Å². The van der Waals surface area contributed by atoms with Crippen molar-refractivity contribution >= 4 is 17.9 Å². The number of aromatic nitrogens is 1. The predicted octanol–water partition coefficient (Wildman–Crippen LogP) is 3.40. The zero-order valence-electron chi connectivity index (χ0n) is 11.9. The molecule has 21 heavy (non-hydrogen) atoms. The van der Waals surface area contributed by atoms with Crippen molar-refractivity contribution in [3.05, 3.63) is 51.3 Å². The van der Waals surface area contributed by atoms with Crippen LogP contribution in [0.25, 0.3) is 11.3 Å². The molecular formula is C16H16ClNO3. The molecule has 0 saturated heterocycles. The van der Waals surface area contributed by atoms with Crippen molar-refractivity contribution in [2.24, 2.45) is 0 Å². The molecule has 4 nitrogen and oxygen atoms in total. The van der Waals surface area contributed by atoms with Crippen molar-refractivity contribution in [2.45, 2.75) is 19.9 Å². The van der Waals surface area contributed by atoms with Gasteiger partial charge in [0.1, 0.15) is 5.75 Å². The van der Waals surface area contributed by atoms with E-state index in [0.717, 1.165) is 12.0 Å². The summed E-state index contributed by atoms with van der Waals surface area (Å²) in [5.74, 6) is 0.627. The highest BCUT2D eigenvalue weighted by Crippen LogP contribution is 2.32. The number of ether oxygens (including phenoxy) is 1. The van der Waals surface area contributed by atoms with Crippen molar-refractivity contribution in [3.63, 3.8) is 0 Å².